The van der Waals surface area contributed by atoms with Crippen LogP contribution in [0.4, 0.5) is 10.2 Å². The summed E-state index contributed by atoms with van der Waals surface area (Å²) in [5.41, 5.74) is 4.31. The van der Waals surface area contributed by atoms with Crippen LogP contribution in [0, 0.1) is 19.7 Å². The minimum Gasteiger partial charge on any atom is -0.386 e. The number of hydrogen-bond donors (Lipinski definition) is 2. The standard InChI is InChI=1S/C23H26FN5O2S/c1-14-6-7-16(21-25-11-18(24)22(28-21)29-8-4-3-5-9-29)10-17(14)23(31)26-12-19(30)20-15(2)27-13-32-20/h6-7,10-11,13,19,30H,3-5,8-9,12H2,1-2H3,(H,26,31)/t19-/m1/s1. The van der Waals surface area contributed by atoms with E-state index in [-0.39, 0.29) is 12.5 Å². The summed E-state index contributed by atoms with van der Waals surface area (Å²) in [6.45, 7) is 5.29. The second-order valence-corrected chi connectivity index (χ2v) is 8.86. The fourth-order valence-corrected chi connectivity index (χ4v) is 4.63. The molecule has 0 spiro atoms. The molecule has 2 aromatic heterocycles. The number of nitrogens with zero attached hydrogens (tertiary/aromatic N) is 4. The molecule has 1 saturated heterocycles. The van der Waals surface area contributed by atoms with Gasteiger partial charge in [-0.15, -0.1) is 11.3 Å². The number of aryl methyl sites for hydroxylation is 2. The molecule has 1 aliphatic rings. The molecule has 0 aliphatic carbocycles. The lowest BCUT2D eigenvalue weighted by molar-refractivity contribution is 0.0917. The van der Waals surface area contributed by atoms with Crippen molar-refractivity contribution in [1.82, 2.24) is 20.3 Å². The Morgan fingerprint density at radius 3 is 2.75 bits per heavy atom. The van der Waals surface area contributed by atoms with Crippen molar-refractivity contribution in [2.24, 2.45) is 0 Å². The van der Waals surface area contributed by atoms with Crippen molar-refractivity contribution in [3.05, 3.63) is 57.4 Å². The molecule has 1 amide bonds. The van der Waals surface area contributed by atoms with Gasteiger partial charge in [-0.1, -0.05) is 12.1 Å². The maximum absolute atomic E-state index is 14.4. The van der Waals surface area contributed by atoms with Gasteiger partial charge in [0.1, 0.15) is 6.10 Å². The van der Waals surface area contributed by atoms with Crippen LogP contribution in [0.2, 0.25) is 0 Å². The summed E-state index contributed by atoms with van der Waals surface area (Å²) in [4.78, 5) is 28.3. The van der Waals surface area contributed by atoms with Crippen molar-refractivity contribution >= 4 is 23.1 Å². The summed E-state index contributed by atoms with van der Waals surface area (Å²) in [6.07, 6.45) is 3.55. The molecular formula is C23H26FN5O2S. The van der Waals surface area contributed by atoms with E-state index >= 15 is 0 Å². The van der Waals surface area contributed by atoms with Gasteiger partial charge >= 0.3 is 0 Å². The Labute approximate surface area is 190 Å². The molecule has 168 valence electrons. The monoisotopic (exact) mass is 455 g/mol. The molecule has 3 aromatic rings. The second kappa shape index (κ2) is 9.70. The quantitative estimate of drug-likeness (QED) is 0.587. The van der Waals surface area contributed by atoms with Gasteiger partial charge in [-0.3, -0.25) is 4.79 Å². The van der Waals surface area contributed by atoms with Gasteiger partial charge in [0.05, 0.1) is 22.3 Å². The summed E-state index contributed by atoms with van der Waals surface area (Å²) < 4.78 is 14.4. The molecule has 0 saturated carbocycles. The molecule has 4 rings (SSSR count). The van der Waals surface area contributed by atoms with Gasteiger partial charge in [0, 0.05) is 30.8 Å². The van der Waals surface area contributed by atoms with E-state index in [1.54, 1.807) is 11.6 Å². The third-order valence-corrected chi connectivity index (χ3v) is 6.70. The Morgan fingerprint density at radius 1 is 1.25 bits per heavy atom. The highest BCUT2D eigenvalue weighted by molar-refractivity contribution is 7.09. The number of hydrogen-bond acceptors (Lipinski definition) is 7. The SMILES string of the molecule is Cc1ccc(-c2ncc(F)c(N3CCCCC3)n2)cc1C(=O)NC[C@@H](O)c1scnc1C. The van der Waals surface area contributed by atoms with Gasteiger partial charge in [-0.05, 0) is 44.7 Å². The Hall–Kier alpha value is -2.91. The van der Waals surface area contributed by atoms with E-state index in [9.17, 15) is 14.3 Å². The molecule has 0 radical (unpaired) electrons. The Morgan fingerprint density at radius 2 is 2.03 bits per heavy atom. The summed E-state index contributed by atoms with van der Waals surface area (Å²) in [5.74, 6) is -0.0531. The van der Waals surface area contributed by atoms with Crippen molar-refractivity contribution < 1.29 is 14.3 Å². The van der Waals surface area contributed by atoms with Crippen molar-refractivity contribution in [3.63, 3.8) is 0 Å². The van der Waals surface area contributed by atoms with E-state index in [4.69, 9.17) is 0 Å². The van der Waals surface area contributed by atoms with Crippen molar-refractivity contribution in [1.29, 1.82) is 0 Å². The van der Waals surface area contributed by atoms with Crippen LogP contribution in [0.5, 0.6) is 0 Å². The van der Waals surface area contributed by atoms with Crippen LogP contribution in [0.15, 0.2) is 29.9 Å². The average Bonchev–Trinajstić information content (AvgIpc) is 3.24. The molecule has 32 heavy (non-hydrogen) atoms. The first kappa shape index (κ1) is 22.3. The number of aliphatic hydroxyl groups excluding tert-OH is 1. The molecule has 1 aliphatic heterocycles. The van der Waals surface area contributed by atoms with Gasteiger partial charge in [0.25, 0.3) is 5.91 Å². The van der Waals surface area contributed by atoms with Crippen LogP contribution in [-0.4, -0.2) is 45.6 Å². The van der Waals surface area contributed by atoms with Gasteiger partial charge in [-0.25, -0.2) is 19.3 Å². The lowest BCUT2D eigenvalue weighted by Gasteiger charge is -2.28. The zero-order chi connectivity index (χ0) is 22.7. The van der Waals surface area contributed by atoms with Crippen molar-refractivity contribution in [2.45, 2.75) is 39.2 Å². The zero-order valence-corrected chi connectivity index (χ0v) is 19.0. The second-order valence-electron chi connectivity index (χ2n) is 7.97. The zero-order valence-electron chi connectivity index (χ0n) is 18.1. The minimum atomic E-state index is -0.817. The largest absolute Gasteiger partial charge is 0.386 e. The molecule has 2 N–H and O–H groups in total. The maximum Gasteiger partial charge on any atom is 0.251 e. The summed E-state index contributed by atoms with van der Waals surface area (Å²) in [7, 11) is 0. The number of amides is 1. The number of anilines is 1. The molecule has 1 atom stereocenters. The minimum absolute atomic E-state index is 0.0810. The topological polar surface area (TPSA) is 91.2 Å². The highest BCUT2D eigenvalue weighted by Gasteiger charge is 2.20. The first-order valence-corrected chi connectivity index (χ1v) is 11.6. The van der Waals surface area contributed by atoms with Crippen LogP contribution in [0.3, 0.4) is 0 Å². The number of rotatable bonds is 6. The average molecular weight is 456 g/mol. The Balaban J connectivity index is 1.53. The smallest absolute Gasteiger partial charge is 0.251 e. The fourth-order valence-electron chi connectivity index (χ4n) is 3.84. The molecule has 1 fully saturated rings. The third kappa shape index (κ3) is 4.78. The van der Waals surface area contributed by atoms with Gasteiger partial charge in [-0.2, -0.15) is 0 Å². The van der Waals surface area contributed by atoms with Gasteiger partial charge in [0.15, 0.2) is 17.5 Å². The van der Waals surface area contributed by atoms with E-state index in [1.807, 2.05) is 30.9 Å². The number of piperidine rings is 1. The number of carbonyl (C=O) groups excluding carboxylic acids is 1. The van der Waals surface area contributed by atoms with Crippen LogP contribution >= 0.6 is 11.3 Å². The van der Waals surface area contributed by atoms with Crippen molar-refractivity contribution in [2.75, 3.05) is 24.5 Å². The Kier molecular flexibility index (Phi) is 6.76. The van der Waals surface area contributed by atoms with Crippen LogP contribution < -0.4 is 10.2 Å². The Bertz CT molecular complexity index is 1110. The highest BCUT2D eigenvalue weighted by Crippen LogP contribution is 2.26. The normalized spacial score (nSPS) is 14.9. The molecule has 0 bridgehead atoms. The van der Waals surface area contributed by atoms with Crippen LogP contribution in [0.25, 0.3) is 11.4 Å². The van der Waals surface area contributed by atoms with E-state index in [2.05, 4.69) is 20.3 Å². The number of aliphatic hydroxyl groups is 1. The van der Waals surface area contributed by atoms with E-state index in [1.165, 1.54) is 17.5 Å². The van der Waals surface area contributed by atoms with E-state index in [0.29, 0.717) is 22.8 Å². The van der Waals surface area contributed by atoms with Crippen molar-refractivity contribution in [3.8, 4) is 11.4 Å². The number of thiazole rings is 1. The van der Waals surface area contributed by atoms with Gasteiger partial charge < -0.3 is 15.3 Å². The first-order chi connectivity index (χ1) is 15.4. The summed E-state index contributed by atoms with van der Waals surface area (Å²) in [5, 5.41) is 13.2. The third-order valence-electron chi connectivity index (χ3n) is 5.66. The van der Waals surface area contributed by atoms with E-state index in [0.717, 1.165) is 48.5 Å². The number of nitrogens with one attached hydrogen (secondary N) is 1. The maximum atomic E-state index is 14.4. The van der Waals surface area contributed by atoms with Gasteiger partial charge in [0.2, 0.25) is 0 Å². The number of benzene rings is 1. The highest BCUT2D eigenvalue weighted by atomic mass is 32.1. The lowest BCUT2D eigenvalue weighted by atomic mass is 10.0. The molecule has 1 aromatic carbocycles. The van der Waals surface area contributed by atoms with Crippen LogP contribution in [0.1, 0.15) is 51.9 Å². The molecule has 0 unspecified atom stereocenters. The number of carbonyl (C=O) groups is 1. The number of aromatic nitrogens is 3. The first-order valence-electron chi connectivity index (χ1n) is 10.7. The predicted octanol–water partition coefficient (Wildman–Crippen LogP) is 3.81. The molecule has 3 heterocycles. The molecule has 7 nitrogen and oxygen atoms in total. The summed E-state index contributed by atoms with van der Waals surface area (Å²) >= 11 is 1.36. The predicted molar refractivity (Wildman–Crippen MR) is 122 cm³/mol. The lowest BCUT2D eigenvalue weighted by Crippen LogP contribution is -2.31. The molecular weight excluding hydrogens is 429 g/mol. The molecule has 9 heteroatoms. The number of halogens is 1. The fraction of sp³-hybridized carbons (Fsp3) is 0.391. The van der Waals surface area contributed by atoms with E-state index < -0.39 is 11.9 Å². The van der Waals surface area contributed by atoms with Crippen LogP contribution in [-0.2, 0) is 0 Å². The summed E-state index contributed by atoms with van der Waals surface area (Å²) in [6, 6.07) is 5.36.